The number of hydrogen-bond acceptors (Lipinski definition) is 3. The molecular weight excluding hydrogens is 260 g/mol. The molecule has 0 fully saturated rings. The topological polar surface area (TPSA) is 35.8 Å². The lowest BCUT2D eigenvalue weighted by molar-refractivity contribution is 0.0788. The van der Waals surface area contributed by atoms with Crippen molar-refractivity contribution in [2.75, 3.05) is 13.1 Å². The van der Waals surface area contributed by atoms with Crippen LogP contribution >= 0.6 is 0 Å². The van der Waals surface area contributed by atoms with E-state index in [4.69, 9.17) is 0 Å². The molecule has 122 valence electrons. The Kier molecular flexibility index (Phi) is 10.2. The summed E-state index contributed by atoms with van der Waals surface area (Å²) in [5.74, 6) is 0.945. The normalized spacial score (nSPS) is 16.7. The maximum absolute atomic E-state index is 9.61. The van der Waals surface area contributed by atoms with Gasteiger partial charge in [-0.05, 0) is 25.8 Å². The summed E-state index contributed by atoms with van der Waals surface area (Å²) in [6.07, 6.45) is 17.4. The summed E-state index contributed by atoms with van der Waals surface area (Å²) >= 11 is 0. The van der Waals surface area contributed by atoms with Gasteiger partial charge in [0.1, 0.15) is 12.1 Å². The number of allylic oxidation sites excluding steroid dienone is 1. The lowest BCUT2D eigenvalue weighted by Gasteiger charge is -2.21. The average Bonchev–Trinajstić information content (AvgIpc) is 2.93. The highest BCUT2D eigenvalue weighted by Crippen LogP contribution is 2.11. The summed E-state index contributed by atoms with van der Waals surface area (Å²) in [5, 5.41) is 9.61. The molecule has 3 heteroatoms. The Labute approximate surface area is 131 Å². The smallest absolute Gasteiger partial charge is 0.125 e. The Bertz CT molecular complexity index is 310. The van der Waals surface area contributed by atoms with Crippen molar-refractivity contribution in [3.05, 3.63) is 12.2 Å². The van der Waals surface area contributed by atoms with Crippen LogP contribution in [0.1, 0.15) is 78.1 Å². The van der Waals surface area contributed by atoms with Gasteiger partial charge in [-0.15, -0.1) is 0 Å². The average molecular weight is 294 g/mol. The van der Waals surface area contributed by atoms with Crippen LogP contribution < -0.4 is 0 Å². The number of nitrogens with zero attached hydrogens (tertiary/aromatic N) is 2. The Balaban J connectivity index is 1.95. The van der Waals surface area contributed by atoms with E-state index >= 15 is 0 Å². The van der Waals surface area contributed by atoms with Gasteiger partial charge in [-0.25, -0.2) is 0 Å². The third kappa shape index (κ3) is 8.25. The number of aliphatic hydroxyl groups excluding tert-OH is 1. The van der Waals surface area contributed by atoms with Gasteiger partial charge >= 0.3 is 0 Å². The van der Waals surface area contributed by atoms with Gasteiger partial charge in [0.15, 0.2) is 0 Å². The molecule has 1 atom stereocenters. The van der Waals surface area contributed by atoms with Crippen LogP contribution in [0.4, 0.5) is 0 Å². The van der Waals surface area contributed by atoms with Crippen molar-refractivity contribution in [2.45, 2.75) is 84.3 Å². The highest BCUT2D eigenvalue weighted by Gasteiger charge is 2.17. The Morgan fingerprint density at radius 1 is 1.10 bits per heavy atom. The first-order valence-electron chi connectivity index (χ1n) is 8.91. The molecule has 1 unspecified atom stereocenters. The van der Waals surface area contributed by atoms with Crippen molar-refractivity contribution in [1.29, 1.82) is 0 Å². The quantitative estimate of drug-likeness (QED) is 0.537. The molecule has 0 aromatic heterocycles. The molecule has 0 aromatic rings. The van der Waals surface area contributed by atoms with Crippen LogP contribution in [0.25, 0.3) is 0 Å². The second-order valence-corrected chi connectivity index (χ2v) is 6.08. The van der Waals surface area contributed by atoms with Crippen molar-refractivity contribution in [1.82, 2.24) is 4.90 Å². The number of rotatable bonds is 12. The molecular formula is C18H34N2O. The summed E-state index contributed by atoms with van der Waals surface area (Å²) < 4.78 is 0. The van der Waals surface area contributed by atoms with Crippen LogP contribution in [0.5, 0.6) is 0 Å². The molecule has 1 aliphatic rings. The molecule has 3 nitrogen and oxygen atoms in total. The predicted octanol–water partition coefficient (Wildman–Crippen LogP) is 4.52. The van der Waals surface area contributed by atoms with Crippen molar-refractivity contribution in [3.63, 3.8) is 0 Å². The van der Waals surface area contributed by atoms with E-state index in [2.05, 4.69) is 24.1 Å². The Morgan fingerprint density at radius 2 is 1.71 bits per heavy atom. The molecule has 0 amide bonds. The largest absolute Gasteiger partial charge is 0.374 e. The van der Waals surface area contributed by atoms with E-state index in [0.717, 1.165) is 25.3 Å². The lowest BCUT2D eigenvalue weighted by atomic mass is 10.1. The van der Waals surface area contributed by atoms with Crippen LogP contribution in [-0.2, 0) is 0 Å². The number of unbranched alkanes of at least 4 members (excludes halogenated alkanes) is 9. The SMILES string of the molecule is CCCCCCCCCCCC=CC1=NCCN1C(C)O. The highest BCUT2D eigenvalue weighted by molar-refractivity contribution is 5.94. The van der Waals surface area contributed by atoms with Gasteiger partial charge in [0.25, 0.3) is 0 Å². The fraction of sp³-hybridized carbons (Fsp3) is 0.833. The van der Waals surface area contributed by atoms with Gasteiger partial charge in [0, 0.05) is 6.54 Å². The van der Waals surface area contributed by atoms with E-state index in [-0.39, 0.29) is 0 Å². The minimum absolute atomic E-state index is 0.427. The van der Waals surface area contributed by atoms with Gasteiger partial charge in [0.05, 0.1) is 6.54 Å². The third-order valence-corrected chi connectivity index (χ3v) is 4.10. The summed E-state index contributed by atoms with van der Waals surface area (Å²) in [5.41, 5.74) is 0. The van der Waals surface area contributed by atoms with Crippen LogP contribution in [0.2, 0.25) is 0 Å². The van der Waals surface area contributed by atoms with E-state index in [1.165, 1.54) is 57.8 Å². The van der Waals surface area contributed by atoms with Crippen LogP contribution in [0.3, 0.4) is 0 Å². The van der Waals surface area contributed by atoms with E-state index in [9.17, 15) is 5.11 Å². The number of aliphatic hydroxyl groups is 1. The first kappa shape index (κ1) is 18.2. The molecule has 1 rings (SSSR count). The van der Waals surface area contributed by atoms with E-state index in [1.807, 2.05) is 4.90 Å². The summed E-state index contributed by atoms with van der Waals surface area (Å²) in [4.78, 5) is 6.37. The number of hydrogen-bond donors (Lipinski definition) is 1. The van der Waals surface area contributed by atoms with E-state index < -0.39 is 6.23 Å². The fourth-order valence-corrected chi connectivity index (χ4v) is 2.77. The second-order valence-electron chi connectivity index (χ2n) is 6.08. The van der Waals surface area contributed by atoms with Gasteiger partial charge in [-0.3, -0.25) is 4.99 Å². The Hall–Kier alpha value is -0.830. The second kappa shape index (κ2) is 11.8. The van der Waals surface area contributed by atoms with Gasteiger partial charge in [0.2, 0.25) is 0 Å². The molecule has 21 heavy (non-hydrogen) atoms. The standard InChI is InChI=1S/C18H34N2O/c1-3-4-5-6-7-8-9-10-11-12-13-14-18-19-15-16-20(18)17(2)21/h13-14,17,21H,3-12,15-16H2,1-2H3. The van der Waals surface area contributed by atoms with Crippen LogP contribution in [0, 0.1) is 0 Å². The summed E-state index contributed by atoms with van der Waals surface area (Å²) in [6, 6.07) is 0. The fourth-order valence-electron chi connectivity index (χ4n) is 2.77. The van der Waals surface area contributed by atoms with Crippen molar-refractivity contribution in [2.24, 2.45) is 4.99 Å². The maximum Gasteiger partial charge on any atom is 0.125 e. The summed E-state index contributed by atoms with van der Waals surface area (Å²) in [7, 11) is 0. The first-order valence-corrected chi connectivity index (χ1v) is 8.91. The Morgan fingerprint density at radius 3 is 2.33 bits per heavy atom. The molecule has 0 aromatic carbocycles. The zero-order chi connectivity index (χ0) is 15.3. The highest BCUT2D eigenvalue weighted by atomic mass is 16.3. The first-order chi connectivity index (χ1) is 10.3. The van der Waals surface area contributed by atoms with Crippen molar-refractivity contribution in [3.8, 4) is 0 Å². The van der Waals surface area contributed by atoms with Gasteiger partial charge < -0.3 is 10.0 Å². The molecule has 0 saturated carbocycles. The summed E-state index contributed by atoms with van der Waals surface area (Å²) in [6.45, 7) is 5.72. The molecule has 0 saturated heterocycles. The number of amidine groups is 1. The minimum atomic E-state index is -0.427. The molecule has 0 spiro atoms. The molecule has 0 aliphatic carbocycles. The van der Waals surface area contributed by atoms with Crippen LogP contribution in [0.15, 0.2) is 17.1 Å². The molecule has 0 radical (unpaired) electrons. The van der Waals surface area contributed by atoms with Crippen LogP contribution in [-0.4, -0.2) is 35.2 Å². The van der Waals surface area contributed by atoms with Crippen molar-refractivity contribution >= 4 is 5.84 Å². The number of aliphatic imine (C=N–C) groups is 1. The third-order valence-electron chi connectivity index (χ3n) is 4.10. The monoisotopic (exact) mass is 294 g/mol. The van der Waals surface area contributed by atoms with Crippen molar-refractivity contribution < 1.29 is 5.11 Å². The lowest BCUT2D eigenvalue weighted by Crippen LogP contribution is -2.34. The van der Waals surface area contributed by atoms with Gasteiger partial charge in [-0.1, -0.05) is 64.4 Å². The minimum Gasteiger partial charge on any atom is -0.374 e. The predicted molar refractivity (Wildman–Crippen MR) is 91.7 cm³/mol. The molecule has 0 bridgehead atoms. The zero-order valence-electron chi connectivity index (χ0n) is 14.1. The molecule has 1 heterocycles. The molecule has 1 N–H and O–H groups in total. The van der Waals surface area contributed by atoms with E-state index in [1.54, 1.807) is 6.92 Å². The maximum atomic E-state index is 9.61. The zero-order valence-corrected chi connectivity index (χ0v) is 14.1. The van der Waals surface area contributed by atoms with E-state index in [0.29, 0.717) is 0 Å². The van der Waals surface area contributed by atoms with Gasteiger partial charge in [-0.2, -0.15) is 0 Å². The molecule has 1 aliphatic heterocycles.